The predicted octanol–water partition coefficient (Wildman–Crippen LogP) is 9.40. The monoisotopic (exact) mass is 494 g/mol. The van der Waals surface area contributed by atoms with E-state index in [1.165, 1.54) is 44.1 Å². The van der Waals surface area contributed by atoms with Crippen molar-refractivity contribution in [2.45, 2.75) is 58.5 Å². The molecule has 2 atom stereocenters. The van der Waals surface area contributed by atoms with Gasteiger partial charge >= 0.3 is 0 Å². The van der Waals surface area contributed by atoms with Crippen molar-refractivity contribution >= 4 is 0 Å². The Balaban J connectivity index is 1.45. The Morgan fingerprint density at radius 3 is 2.25 bits per heavy atom. The smallest absolute Gasteiger partial charge is 0.201 e. The summed E-state index contributed by atoms with van der Waals surface area (Å²) in [4.78, 5) is 0. The Morgan fingerprint density at radius 1 is 0.889 bits per heavy atom. The van der Waals surface area contributed by atoms with Gasteiger partial charge in [-0.05, 0) is 67.0 Å². The van der Waals surface area contributed by atoms with Crippen LogP contribution < -0.4 is 4.74 Å². The van der Waals surface area contributed by atoms with Gasteiger partial charge in [-0.15, -0.1) is 0 Å². The van der Waals surface area contributed by atoms with Gasteiger partial charge in [-0.25, -0.2) is 8.78 Å². The molecule has 3 aromatic carbocycles. The molecule has 0 spiro atoms. The maximum Gasteiger partial charge on any atom is 0.201 e. The summed E-state index contributed by atoms with van der Waals surface area (Å²) in [7, 11) is 0. The number of allylic oxidation sites excluding steroid dienone is 1. The molecule has 1 heterocycles. The molecule has 190 valence electrons. The van der Waals surface area contributed by atoms with Crippen LogP contribution in [0.15, 0.2) is 66.9 Å². The normalized spacial score (nSPS) is 18.0. The first-order chi connectivity index (χ1) is 17.5. The Bertz CT molecular complexity index is 1180. The van der Waals surface area contributed by atoms with Crippen molar-refractivity contribution < 1.29 is 22.6 Å². The first kappa shape index (κ1) is 26.0. The number of hydrogen-bond acceptors (Lipinski definition) is 2. The first-order valence-electron chi connectivity index (χ1n) is 12.8. The Hall–Kier alpha value is -3.05. The molecule has 1 aliphatic rings. The molecule has 0 aliphatic carbocycles. The SMILES string of the molecule is C/C=C\Oc1ccc(-c2ccc(-c3ccc(C4CCC(CCCCC)CO4)cc3F)cc2)c(F)c1F. The van der Waals surface area contributed by atoms with Gasteiger partial charge in [-0.2, -0.15) is 4.39 Å². The van der Waals surface area contributed by atoms with Gasteiger partial charge in [0.25, 0.3) is 0 Å². The van der Waals surface area contributed by atoms with E-state index in [9.17, 15) is 8.78 Å². The molecule has 1 saturated heterocycles. The number of hydrogen-bond donors (Lipinski definition) is 0. The maximum absolute atomic E-state index is 15.1. The average molecular weight is 495 g/mol. The van der Waals surface area contributed by atoms with Crippen molar-refractivity contribution in [2.24, 2.45) is 5.92 Å². The highest BCUT2D eigenvalue weighted by Gasteiger charge is 2.23. The van der Waals surface area contributed by atoms with Crippen molar-refractivity contribution in [1.82, 2.24) is 0 Å². The largest absolute Gasteiger partial charge is 0.462 e. The standard InChI is InChI=1S/C31H33F3O2/c1-3-5-6-7-21-8-16-28(36-20-21)24-13-14-25(27(32)19-24)22-9-11-23(12-10-22)26-15-17-29(35-18-4-2)31(34)30(26)33/h4,9-15,17-19,21,28H,3,5-8,16,20H2,1-2H3/b18-4-. The lowest BCUT2D eigenvalue weighted by Gasteiger charge is -2.29. The zero-order chi connectivity index (χ0) is 25.5. The molecule has 0 N–H and O–H groups in total. The van der Waals surface area contributed by atoms with Crippen molar-refractivity contribution in [1.29, 1.82) is 0 Å². The van der Waals surface area contributed by atoms with Crippen LogP contribution in [0, 0.1) is 23.4 Å². The van der Waals surface area contributed by atoms with Crippen molar-refractivity contribution in [2.75, 3.05) is 6.61 Å². The van der Waals surface area contributed by atoms with Gasteiger partial charge < -0.3 is 9.47 Å². The van der Waals surface area contributed by atoms with Crippen LogP contribution in [0.4, 0.5) is 13.2 Å². The summed E-state index contributed by atoms with van der Waals surface area (Å²) < 4.78 is 55.2. The van der Waals surface area contributed by atoms with E-state index in [-0.39, 0.29) is 23.2 Å². The van der Waals surface area contributed by atoms with Gasteiger partial charge in [-0.3, -0.25) is 0 Å². The average Bonchev–Trinajstić information content (AvgIpc) is 2.90. The second-order valence-electron chi connectivity index (χ2n) is 9.40. The van der Waals surface area contributed by atoms with Crippen LogP contribution in [0.5, 0.6) is 5.75 Å². The third-order valence-corrected chi connectivity index (χ3v) is 6.84. The lowest BCUT2D eigenvalue weighted by atomic mass is 9.90. The molecular formula is C31H33F3O2. The molecule has 1 fully saturated rings. The zero-order valence-corrected chi connectivity index (χ0v) is 20.9. The van der Waals surface area contributed by atoms with Crippen LogP contribution in [0.3, 0.4) is 0 Å². The number of ether oxygens (including phenoxy) is 2. The van der Waals surface area contributed by atoms with E-state index in [2.05, 4.69) is 6.92 Å². The van der Waals surface area contributed by atoms with Crippen molar-refractivity contribution in [3.05, 3.63) is 90.0 Å². The molecule has 1 aliphatic heterocycles. The minimum absolute atomic E-state index is 0.0732. The highest BCUT2D eigenvalue weighted by Crippen LogP contribution is 2.36. The molecule has 36 heavy (non-hydrogen) atoms. The van der Waals surface area contributed by atoms with Gasteiger partial charge in [0.1, 0.15) is 5.82 Å². The molecule has 0 aromatic heterocycles. The quantitative estimate of drug-likeness (QED) is 0.218. The van der Waals surface area contributed by atoms with Crippen molar-refractivity contribution in [3.8, 4) is 28.0 Å². The molecule has 0 bridgehead atoms. The summed E-state index contributed by atoms with van der Waals surface area (Å²) in [5.41, 5.74) is 2.59. The summed E-state index contributed by atoms with van der Waals surface area (Å²) in [5.74, 6) is -1.93. The Labute approximate surface area is 211 Å². The Morgan fingerprint density at radius 2 is 1.61 bits per heavy atom. The van der Waals surface area contributed by atoms with E-state index in [0.717, 1.165) is 25.0 Å². The second kappa shape index (κ2) is 12.3. The van der Waals surface area contributed by atoms with E-state index < -0.39 is 11.6 Å². The summed E-state index contributed by atoms with van der Waals surface area (Å²) in [6, 6.07) is 14.9. The number of halogens is 3. The highest BCUT2D eigenvalue weighted by atomic mass is 19.2. The van der Waals surface area contributed by atoms with Crippen LogP contribution in [0.25, 0.3) is 22.3 Å². The van der Waals surface area contributed by atoms with E-state index in [0.29, 0.717) is 22.6 Å². The first-order valence-corrected chi connectivity index (χ1v) is 12.8. The molecule has 0 amide bonds. The van der Waals surface area contributed by atoms with Crippen LogP contribution in [0.1, 0.15) is 64.0 Å². The fourth-order valence-electron chi connectivity index (χ4n) is 4.76. The molecule has 4 rings (SSSR count). The van der Waals surface area contributed by atoms with E-state index in [1.54, 1.807) is 49.4 Å². The molecular weight excluding hydrogens is 461 g/mol. The second-order valence-corrected chi connectivity index (χ2v) is 9.40. The lowest BCUT2D eigenvalue weighted by molar-refractivity contribution is -0.0200. The number of unbranched alkanes of at least 4 members (excludes halogenated alkanes) is 2. The van der Waals surface area contributed by atoms with Gasteiger partial charge in [0, 0.05) is 11.1 Å². The summed E-state index contributed by atoms with van der Waals surface area (Å²) in [6.45, 7) is 4.66. The summed E-state index contributed by atoms with van der Waals surface area (Å²) >= 11 is 0. The number of rotatable bonds is 9. The van der Waals surface area contributed by atoms with Crippen LogP contribution in [-0.4, -0.2) is 6.61 Å². The van der Waals surface area contributed by atoms with Crippen molar-refractivity contribution in [3.63, 3.8) is 0 Å². The van der Waals surface area contributed by atoms with E-state index >= 15 is 4.39 Å². The van der Waals surface area contributed by atoms with E-state index in [1.807, 2.05) is 6.07 Å². The molecule has 5 heteroatoms. The van der Waals surface area contributed by atoms with Gasteiger partial charge in [0.15, 0.2) is 11.6 Å². The molecule has 2 unspecified atom stereocenters. The van der Waals surface area contributed by atoms with E-state index in [4.69, 9.17) is 9.47 Å². The minimum Gasteiger partial charge on any atom is -0.462 e. The van der Waals surface area contributed by atoms with Crippen LogP contribution >= 0.6 is 0 Å². The number of benzene rings is 3. The maximum atomic E-state index is 15.1. The van der Waals surface area contributed by atoms with Crippen LogP contribution in [0.2, 0.25) is 0 Å². The van der Waals surface area contributed by atoms with Gasteiger partial charge in [0.05, 0.1) is 19.0 Å². The van der Waals surface area contributed by atoms with Gasteiger partial charge in [-0.1, -0.05) is 68.7 Å². The zero-order valence-electron chi connectivity index (χ0n) is 20.9. The lowest BCUT2D eigenvalue weighted by Crippen LogP contribution is -2.20. The topological polar surface area (TPSA) is 18.5 Å². The predicted molar refractivity (Wildman–Crippen MR) is 138 cm³/mol. The third-order valence-electron chi connectivity index (χ3n) is 6.84. The minimum atomic E-state index is -1.05. The third kappa shape index (κ3) is 6.01. The fourth-order valence-corrected chi connectivity index (χ4v) is 4.76. The molecule has 0 saturated carbocycles. The summed E-state index contributed by atoms with van der Waals surface area (Å²) in [5, 5.41) is 0. The Kier molecular flexibility index (Phi) is 8.87. The molecule has 0 radical (unpaired) electrons. The highest BCUT2D eigenvalue weighted by molar-refractivity contribution is 5.71. The molecule has 2 nitrogen and oxygen atoms in total. The molecule has 3 aromatic rings. The fraction of sp³-hybridized carbons (Fsp3) is 0.355. The summed E-state index contributed by atoms with van der Waals surface area (Å²) in [6.07, 6.45) is 9.75. The van der Waals surface area contributed by atoms with Crippen LogP contribution in [-0.2, 0) is 4.74 Å². The van der Waals surface area contributed by atoms with Gasteiger partial charge in [0.2, 0.25) is 5.82 Å².